The molecule has 14 nitrogen and oxygen atoms in total. The summed E-state index contributed by atoms with van der Waals surface area (Å²) in [5, 5.41) is 7.23. The summed E-state index contributed by atoms with van der Waals surface area (Å²) >= 11 is 7.72. The number of alkyl carbamates (subject to hydrolysis) is 1. The number of ether oxygens (including phenoxy) is 4. The number of carbonyl (C=O) groups excluding carboxylic acids is 6. The zero-order chi connectivity index (χ0) is 40.8. The highest BCUT2D eigenvalue weighted by Crippen LogP contribution is 2.26. The highest BCUT2D eigenvalue weighted by Gasteiger charge is 2.22. The molecule has 1 aromatic heterocycles. The van der Waals surface area contributed by atoms with E-state index in [1.54, 1.807) is 65.1 Å². The molecule has 3 rings (SSSR count). The van der Waals surface area contributed by atoms with Crippen molar-refractivity contribution in [1.29, 1.82) is 0 Å². The number of nitrogens with zero attached hydrogens (tertiary/aromatic N) is 2. The number of aliphatic imine (C=N–C) groups is 1. The fourth-order valence-electron chi connectivity index (χ4n) is 4.56. The second kappa shape index (κ2) is 20.4. The molecule has 0 atom stereocenters. The first-order chi connectivity index (χ1) is 25.8. The molecule has 2 aromatic carbocycles. The number of aryl methyl sites for hydroxylation is 1. The lowest BCUT2D eigenvalue weighted by Crippen LogP contribution is -2.40. The van der Waals surface area contributed by atoms with Crippen LogP contribution in [0.15, 0.2) is 58.9 Å². The molecule has 0 radical (unpaired) electrons. The van der Waals surface area contributed by atoms with Gasteiger partial charge in [-0.1, -0.05) is 31.0 Å². The Labute approximate surface area is 329 Å². The number of aldehydes is 1. The largest absolute Gasteiger partial charge is 0.462 e. The Morgan fingerprint density at radius 2 is 1.62 bits per heavy atom. The van der Waals surface area contributed by atoms with Crippen molar-refractivity contribution in [2.45, 2.75) is 91.9 Å². The number of hydrogen-bond donors (Lipinski definition) is 2. The zero-order valence-corrected chi connectivity index (χ0v) is 33.6. The first-order valence-corrected chi connectivity index (χ1v) is 18.8. The van der Waals surface area contributed by atoms with E-state index in [1.165, 1.54) is 46.6 Å². The molecule has 0 aliphatic carbocycles. The minimum Gasteiger partial charge on any atom is -0.462 e. The van der Waals surface area contributed by atoms with Gasteiger partial charge < -0.3 is 34.0 Å². The molecule has 0 fully saturated rings. The zero-order valence-electron chi connectivity index (χ0n) is 32.0. The van der Waals surface area contributed by atoms with Crippen molar-refractivity contribution < 1.29 is 47.7 Å². The van der Waals surface area contributed by atoms with Gasteiger partial charge in [0.15, 0.2) is 0 Å². The summed E-state index contributed by atoms with van der Waals surface area (Å²) in [7, 11) is 0. The molecule has 55 heavy (non-hydrogen) atoms. The van der Waals surface area contributed by atoms with Crippen LogP contribution in [0.25, 0.3) is 0 Å². The molecule has 0 unspecified atom stereocenters. The monoisotopic (exact) mass is 798 g/mol. The molecule has 16 heteroatoms. The number of nitrogens with one attached hydrogen (secondary N) is 2. The van der Waals surface area contributed by atoms with Crippen molar-refractivity contribution in [1.82, 2.24) is 10.2 Å². The predicted octanol–water partition coefficient (Wildman–Crippen LogP) is 7.97. The van der Waals surface area contributed by atoms with Gasteiger partial charge in [-0.3, -0.25) is 10.1 Å². The number of esters is 2. The number of guanidine groups is 1. The topological polar surface area (TPSA) is 179 Å². The average Bonchev–Trinajstić information content (AvgIpc) is 3.55. The van der Waals surface area contributed by atoms with Crippen LogP contribution in [0.3, 0.4) is 0 Å². The van der Waals surface area contributed by atoms with E-state index in [0.717, 1.165) is 12.8 Å². The van der Waals surface area contributed by atoms with Gasteiger partial charge in [-0.15, -0.1) is 16.3 Å². The van der Waals surface area contributed by atoms with Gasteiger partial charge in [-0.05, 0) is 113 Å². The van der Waals surface area contributed by atoms with Gasteiger partial charge in [-0.2, -0.15) is 0 Å². The van der Waals surface area contributed by atoms with Gasteiger partial charge in [0, 0.05) is 23.7 Å². The van der Waals surface area contributed by atoms with Gasteiger partial charge in [-0.25, -0.2) is 19.2 Å². The van der Waals surface area contributed by atoms with Crippen LogP contribution in [0, 0.1) is 0 Å². The molecule has 3 aromatic rings. The van der Waals surface area contributed by atoms with Crippen LogP contribution in [-0.4, -0.2) is 71.5 Å². The molecule has 0 aliphatic heterocycles. The van der Waals surface area contributed by atoms with Gasteiger partial charge in [0.1, 0.15) is 28.1 Å². The van der Waals surface area contributed by atoms with E-state index in [0.29, 0.717) is 34.6 Å². The third kappa shape index (κ3) is 15.9. The fraction of sp³-hybridized carbons (Fsp3) is 0.410. The lowest BCUT2D eigenvalue weighted by molar-refractivity contribution is -0.133. The smallest absolute Gasteiger partial charge is 0.437 e. The SMILES string of the molecule is CCCCOC(=O)c1cc(CN(CC=O)C(=O)CCc2ccc(OC(=O)c3ccc(N/C(=N/C(=O)OC(C)(C)C)NC(=O)OC(C)(C)C)cc3)cc2Cl)cs1. The maximum Gasteiger partial charge on any atom is 0.437 e. The summed E-state index contributed by atoms with van der Waals surface area (Å²) in [4.78, 5) is 80.1. The number of halogens is 1. The minimum absolute atomic E-state index is 0.0562. The highest BCUT2D eigenvalue weighted by molar-refractivity contribution is 7.12. The highest BCUT2D eigenvalue weighted by atomic mass is 35.5. The molecule has 1 heterocycles. The van der Waals surface area contributed by atoms with Crippen molar-refractivity contribution in [2.24, 2.45) is 4.99 Å². The molecule has 3 amide bonds. The van der Waals surface area contributed by atoms with Crippen LogP contribution >= 0.6 is 22.9 Å². The Bertz CT molecular complexity index is 1860. The normalized spacial score (nSPS) is 11.6. The van der Waals surface area contributed by atoms with Gasteiger partial charge in [0.05, 0.1) is 18.7 Å². The van der Waals surface area contributed by atoms with Crippen LogP contribution in [0.5, 0.6) is 5.75 Å². The van der Waals surface area contributed by atoms with Crippen molar-refractivity contribution in [3.8, 4) is 5.75 Å². The molecule has 2 N–H and O–H groups in total. The van der Waals surface area contributed by atoms with E-state index in [2.05, 4.69) is 15.6 Å². The maximum atomic E-state index is 13.1. The van der Waals surface area contributed by atoms with Gasteiger partial charge in [0.25, 0.3) is 0 Å². The number of anilines is 1. The third-order valence-electron chi connectivity index (χ3n) is 7.05. The van der Waals surface area contributed by atoms with E-state index in [-0.39, 0.29) is 54.1 Å². The van der Waals surface area contributed by atoms with Crippen molar-refractivity contribution in [2.75, 3.05) is 18.5 Å². The Hall–Kier alpha value is -5.28. The summed E-state index contributed by atoms with van der Waals surface area (Å²) in [5.41, 5.74) is 0.260. The number of thiophene rings is 1. The molecule has 296 valence electrons. The number of rotatable bonds is 14. The van der Waals surface area contributed by atoms with E-state index in [4.69, 9.17) is 30.5 Å². The molecular weight excluding hydrogens is 752 g/mol. The molecule has 0 bridgehead atoms. The first kappa shape index (κ1) is 44.1. The van der Waals surface area contributed by atoms with E-state index < -0.39 is 35.3 Å². The molecule has 0 saturated carbocycles. The summed E-state index contributed by atoms with van der Waals surface area (Å²) in [5.74, 6) is -1.47. The summed E-state index contributed by atoms with van der Waals surface area (Å²) in [6.45, 7) is 12.4. The Kier molecular flexibility index (Phi) is 16.4. The summed E-state index contributed by atoms with van der Waals surface area (Å²) in [6, 6.07) is 12.3. The third-order valence-corrected chi connectivity index (χ3v) is 8.36. The first-order valence-electron chi connectivity index (χ1n) is 17.5. The van der Waals surface area contributed by atoms with Gasteiger partial charge >= 0.3 is 24.1 Å². The van der Waals surface area contributed by atoms with Crippen LogP contribution in [-0.2, 0) is 36.8 Å². The molecule has 0 saturated heterocycles. The lowest BCUT2D eigenvalue weighted by Gasteiger charge is -2.21. The fourth-order valence-corrected chi connectivity index (χ4v) is 5.62. The predicted molar refractivity (Wildman–Crippen MR) is 209 cm³/mol. The molecule has 0 spiro atoms. The average molecular weight is 799 g/mol. The van der Waals surface area contributed by atoms with Crippen molar-refractivity contribution in [3.05, 3.63) is 80.5 Å². The number of unbranched alkanes of at least 4 members (excludes halogenated alkanes) is 1. The Morgan fingerprint density at radius 3 is 2.24 bits per heavy atom. The van der Waals surface area contributed by atoms with E-state index in [9.17, 15) is 28.8 Å². The summed E-state index contributed by atoms with van der Waals surface area (Å²) in [6.07, 6.45) is 0.835. The summed E-state index contributed by atoms with van der Waals surface area (Å²) < 4.78 is 21.2. The second-order valence-electron chi connectivity index (χ2n) is 14.2. The van der Waals surface area contributed by atoms with Crippen LogP contribution < -0.4 is 15.4 Å². The maximum absolute atomic E-state index is 13.1. The minimum atomic E-state index is -0.950. The number of hydrogen-bond acceptors (Lipinski definition) is 11. The van der Waals surface area contributed by atoms with E-state index in [1.807, 2.05) is 6.92 Å². The molecule has 0 aliphatic rings. The quantitative estimate of drug-likeness (QED) is 0.0307. The van der Waals surface area contributed by atoms with Crippen molar-refractivity contribution >= 4 is 70.9 Å². The van der Waals surface area contributed by atoms with Crippen LogP contribution in [0.1, 0.15) is 98.9 Å². The van der Waals surface area contributed by atoms with Crippen LogP contribution in [0.2, 0.25) is 5.02 Å². The Morgan fingerprint density at radius 1 is 0.927 bits per heavy atom. The van der Waals surface area contributed by atoms with Crippen LogP contribution in [0.4, 0.5) is 15.3 Å². The number of carbonyl (C=O) groups is 6. The number of amides is 3. The van der Waals surface area contributed by atoms with Crippen molar-refractivity contribution in [3.63, 3.8) is 0 Å². The second-order valence-corrected chi connectivity index (χ2v) is 15.5. The lowest BCUT2D eigenvalue weighted by atomic mass is 10.1. The van der Waals surface area contributed by atoms with E-state index >= 15 is 0 Å². The standard InChI is InChI=1S/C39H47ClN4O10S/c1-8-9-20-51-34(48)31-21-25(24-55-31)23-44(18-19-45)32(46)17-13-26-12-16-29(22-30(26)40)52-33(47)27-10-14-28(15-11-27)41-35(42-36(49)53-38(2,3)4)43-37(50)54-39(5,6)7/h10-12,14-16,19,21-22,24H,8-9,13,17-18,20,23H2,1-7H3,(H2,41,42,43,49,50). The Balaban J connectivity index is 1.60. The number of benzene rings is 2. The van der Waals surface area contributed by atoms with Gasteiger partial charge in [0.2, 0.25) is 11.9 Å². The molecular formula is C39H47ClN4O10S.